The number of phenols is 1. The maximum Gasteiger partial charge on any atom is 0.248 e. The fourth-order valence-corrected chi connectivity index (χ4v) is 4.13. The van der Waals surface area contributed by atoms with Crippen LogP contribution in [0.4, 0.5) is 0 Å². The largest absolute Gasteiger partial charge is 0.506 e. The fraction of sp³-hybridized carbons (Fsp3) is 0.192. The molecule has 3 aromatic carbocycles. The molecule has 0 aliphatic heterocycles. The number of pyridine rings is 1. The molecule has 0 saturated carbocycles. The summed E-state index contributed by atoms with van der Waals surface area (Å²) in [5, 5.41) is 24.4. The molecule has 1 aromatic heterocycles. The molecule has 0 aliphatic carbocycles. The first kappa shape index (κ1) is 20.8. The third-order valence-corrected chi connectivity index (χ3v) is 5.69. The molecule has 5 nitrogen and oxygen atoms in total. The maximum absolute atomic E-state index is 11.7. The number of aliphatic hydroxyl groups is 1. The fourth-order valence-electron chi connectivity index (χ4n) is 4.13. The number of aliphatic hydroxyl groups excluding tert-OH is 1. The van der Waals surface area contributed by atoms with Crippen LogP contribution in [0.15, 0.2) is 89.7 Å². The van der Waals surface area contributed by atoms with E-state index in [1.807, 2.05) is 12.1 Å². The minimum absolute atomic E-state index is 0.0151. The van der Waals surface area contributed by atoms with Gasteiger partial charge in [0, 0.05) is 17.4 Å². The molecule has 0 aliphatic rings. The summed E-state index contributed by atoms with van der Waals surface area (Å²) in [5.41, 5.74) is 3.45. The van der Waals surface area contributed by atoms with Crippen LogP contribution in [0, 0.1) is 0 Å². The van der Waals surface area contributed by atoms with E-state index >= 15 is 0 Å². The van der Waals surface area contributed by atoms with Crippen LogP contribution in [0.5, 0.6) is 5.75 Å². The Hall–Kier alpha value is -3.41. The Bertz CT molecular complexity index is 1150. The van der Waals surface area contributed by atoms with Crippen LogP contribution in [0.3, 0.4) is 0 Å². The molecule has 0 amide bonds. The van der Waals surface area contributed by atoms with Gasteiger partial charge in [0.25, 0.3) is 0 Å². The van der Waals surface area contributed by atoms with E-state index in [1.165, 1.54) is 17.2 Å². The average molecular weight is 415 g/mol. The van der Waals surface area contributed by atoms with E-state index in [4.69, 9.17) is 0 Å². The topological polar surface area (TPSA) is 85.3 Å². The van der Waals surface area contributed by atoms with E-state index in [0.29, 0.717) is 17.4 Å². The van der Waals surface area contributed by atoms with Gasteiger partial charge >= 0.3 is 0 Å². The molecule has 158 valence electrons. The van der Waals surface area contributed by atoms with Gasteiger partial charge < -0.3 is 20.5 Å². The number of aromatic hydroxyl groups is 1. The van der Waals surface area contributed by atoms with E-state index in [9.17, 15) is 15.0 Å². The minimum Gasteiger partial charge on any atom is -0.506 e. The first-order chi connectivity index (χ1) is 15.2. The van der Waals surface area contributed by atoms with Gasteiger partial charge in [0.1, 0.15) is 5.75 Å². The lowest BCUT2D eigenvalue weighted by Crippen LogP contribution is -2.27. The summed E-state index contributed by atoms with van der Waals surface area (Å²) in [5.74, 6) is 0.253. The Balaban J connectivity index is 1.55. The van der Waals surface area contributed by atoms with Gasteiger partial charge in [0.05, 0.1) is 18.2 Å². The molecule has 4 rings (SSSR count). The van der Waals surface area contributed by atoms with Crippen molar-refractivity contribution < 1.29 is 10.2 Å². The van der Waals surface area contributed by atoms with Crippen molar-refractivity contribution in [2.75, 3.05) is 13.2 Å². The third kappa shape index (κ3) is 4.68. The zero-order chi connectivity index (χ0) is 21.6. The molecular formula is C26H26N2O3. The van der Waals surface area contributed by atoms with Crippen molar-refractivity contribution in [1.82, 2.24) is 10.3 Å². The summed E-state index contributed by atoms with van der Waals surface area (Å²) in [6.45, 7) is 0.589. The highest BCUT2D eigenvalue weighted by Gasteiger charge is 2.18. The quantitative estimate of drug-likeness (QED) is 0.350. The van der Waals surface area contributed by atoms with Gasteiger partial charge in [-0.2, -0.15) is 0 Å². The van der Waals surface area contributed by atoms with Crippen LogP contribution >= 0.6 is 0 Å². The number of rotatable bonds is 8. The second-order valence-corrected chi connectivity index (χ2v) is 7.64. The SMILES string of the molecule is O=c1ccc2c(C(CO)NCCC(c3ccccc3)c3ccccc3)ccc(O)c2[nH]1. The molecule has 0 saturated heterocycles. The predicted octanol–water partition coefficient (Wildman–Crippen LogP) is 4.08. The standard InChI is InChI=1S/C26H26N2O3/c29-17-23(21-11-13-24(30)26-22(21)12-14-25(31)28-26)27-16-15-20(18-7-3-1-4-8-18)19-9-5-2-6-10-19/h1-14,20,23,27,29-30H,15-17H2,(H,28,31). The first-order valence-corrected chi connectivity index (χ1v) is 10.5. The second-order valence-electron chi connectivity index (χ2n) is 7.64. The summed E-state index contributed by atoms with van der Waals surface area (Å²) in [7, 11) is 0. The highest BCUT2D eigenvalue weighted by atomic mass is 16.3. The maximum atomic E-state index is 11.7. The van der Waals surface area contributed by atoms with Crippen LogP contribution < -0.4 is 10.9 Å². The normalized spacial score (nSPS) is 12.3. The summed E-state index contributed by atoms with van der Waals surface area (Å²) in [4.78, 5) is 14.4. The average Bonchev–Trinajstić information content (AvgIpc) is 2.81. The van der Waals surface area contributed by atoms with E-state index in [-0.39, 0.29) is 29.9 Å². The summed E-state index contributed by atoms with van der Waals surface area (Å²) >= 11 is 0. The van der Waals surface area contributed by atoms with Gasteiger partial charge in [-0.25, -0.2) is 0 Å². The Morgan fingerprint density at radius 3 is 2.10 bits per heavy atom. The van der Waals surface area contributed by atoms with Crippen LogP contribution in [-0.4, -0.2) is 28.3 Å². The number of nitrogens with one attached hydrogen (secondary N) is 2. The molecule has 31 heavy (non-hydrogen) atoms. The molecule has 1 heterocycles. The highest BCUT2D eigenvalue weighted by molar-refractivity contribution is 5.87. The number of aromatic nitrogens is 1. The minimum atomic E-state index is -0.318. The number of fused-ring (bicyclic) bond motifs is 1. The van der Waals surface area contributed by atoms with Crippen LogP contribution in [-0.2, 0) is 0 Å². The predicted molar refractivity (Wildman–Crippen MR) is 123 cm³/mol. The molecule has 4 aromatic rings. The van der Waals surface area contributed by atoms with Gasteiger partial charge in [-0.3, -0.25) is 4.79 Å². The Morgan fingerprint density at radius 1 is 0.839 bits per heavy atom. The first-order valence-electron chi connectivity index (χ1n) is 10.5. The van der Waals surface area contributed by atoms with E-state index in [0.717, 1.165) is 12.0 Å². The van der Waals surface area contributed by atoms with E-state index in [1.54, 1.807) is 18.2 Å². The molecular weight excluding hydrogens is 388 g/mol. The molecule has 1 atom stereocenters. The van der Waals surface area contributed by atoms with Gasteiger partial charge in [-0.15, -0.1) is 0 Å². The highest BCUT2D eigenvalue weighted by Crippen LogP contribution is 2.30. The number of hydrogen-bond donors (Lipinski definition) is 4. The third-order valence-electron chi connectivity index (χ3n) is 5.69. The van der Waals surface area contributed by atoms with Crippen molar-refractivity contribution in [3.05, 3.63) is 112 Å². The summed E-state index contributed by atoms with van der Waals surface area (Å²) < 4.78 is 0. The molecule has 1 unspecified atom stereocenters. The zero-order valence-corrected chi connectivity index (χ0v) is 17.2. The smallest absolute Gasteiger partial charge is 0.248 e. The molecule has 0 bridgehead atoms. The van der Waals surface area contributed by atoms with Gasteiger partial charge in [-0.1, -0.05) is 66.7 Å². The Kier molecular flexibility index (Phi) is 6.46. The number of hydrogen-bond acceptors (Lipinski definition) is 4. The van der Waals surface area contributed by atoms with Gasteiger partial charge in [-0.05, 0) is 41.8 Å². The van der Waals surface area contributed by atoms with Crippen LogP contribution in [0.2, 0.25) is 0 Å². The number of H-pyrrole nitrogens is 1. The van der Waals surface area contributed by atoms with E-state index in [2.05, 4.69) is 58.8 Å². The van der Waals surface area contributed by atoms with Crippen molar-refractivity contribution in [3.63, 3.8) is 0 Å². The number of phenolic OH excluding ortho intramolecular Hbond substituents is 1. The molecule has 0 radical (unpaired) electrons. The van der Waals surface area contributed by atoms with Crippen LogP contribution in [0.25, 0.3) is 10.9 Å². The lowest BCUT2D eigenvalue weighted by Gasteiger charge is -2.22. The summed E-state index contributed by atoms with van der Waals surface area (Å²) in [6.07, 6.45) is 0.859. The van der Waals surface area contributed by atoms with Crippen molar-refractivity contribution in [3.8, 4) is 5.75 Å². The lowest BCUT2D eigenvalue weighted by molar-refractivity contribution is 0.244. The second kappa shape index (κ2) is 9.60. The number of benzene rings is 3. The van der Waals surface area contributed by atoms with Crippen LogP contribution in [0.1, 0.15) is 35.1 Å². The monoisotopic (exact) mass is 414 g/mol. The Labute approximate surface area is 181 Å². The molecule has 0 spiro atoms. The van der Waals surface area contributed by atoms with Gasteiger partial charge in [0.15, 0.2) is 0 Å². The van der Waals surface area contributed by atoms with Crippen molar-refractivity contribution >= 4 is 10.9 Å². The zero-order valence-electron chi connectivity index (χ0n) is 17.2. The molecule has 0 fully saturated rings. The molecule has 4 N–H and O–H groups in total. The lowest BCUT2D eigenvalue weighted by atomic mass is 9.88. The van der Waals surface area contributed by atoms with Crippen molar-refractivity contribution in [2.45, 2.75) is 18.4 Å². The van der Waals surface area contributed by atoms with Gasteiger partial charge in [0.2, 0.25) is 5.56 Å². The van der Waals surface area contributed by atoms with E-state index < -0.39 is 0 Å². The Morgan fingerprint density at radius 2 is 1.48 bits per heavy atom. The number of aromatic amines is 1. The summed E-state index contributed by atoms with van der Waals surface area (Å²) in [6, 6.07) is 27.0. The molecule has 5 heteroatoms. The van der Waals surface area contributed by atoms with Crippen molar-refractivity contribution in [2.24, 2.45) is 0 Å². The van der Waals surface area contributed by atoms with Crippen molar-refractivity contribution in [1.29, 1.82) is 0 Å².